The quantitative estimate of drug-likeness (QED) is 0.200. The van der Waals surface area contributed by atoms with Crippen LogP contribution in [0.15, 0.2) is 29.4 Å². The van der Waals surface area contributed by atoms with E-state index in [-0.39, 0.29) is 17.5 Å². The third kappa shape index (κ3) is 10.5. The van der Waals surface area contributed by atoms with E-state index in [1.807, 2.05) is 18.2 Å². The molecule has 0 spiro atoms. The summed E-state index contributed by atoms with van der Waals surface area (Å²) in [5, 5.41) is 3.20. The first-order valence-corrected chi connectivity index (χ1v) is 10.9. The summed E-state index contributed by atoms with van der Waals surface area (Å²) in [7, 11) is -9.77. The zero-order valence-electron chi connectivity index (χ0n) is 12.8. The van der Waals surface area contributed by atoms with E-state index < -0.39 is 20.7 Å². The van der Waals surface area contributed by atoms with Gasteiger partial charge >= 0.3 is 15.2 Å². The highest BCUT2D eigenvalue weighted by atomic mass is 32.2. The van der Waals surface area contributed by atoms with E-state index in [0.29, 0.717) is 6.42 Å². The molecule has 1 heterocycles. The maximum Gasteiger partial charge on any atom is 0.354 e. The Morgan fingerprint density at radius 1 is 1.04 bits per heavy atom. The molecule has 0 amide bonds. The Labute approximate surface area is 144 Å². The Balaban J connectivity index is 0. The molecule has 0 saturated heterocycles. The van der Waals surface area contributed by atoms with Gasteiger partial charge in [0.2, 0.25) is 5.52 Å². The first-order chi connectivity index (χ1) is 10.2. The van der Waals surface area contributed by atoms with Gasteiger partial charge in [0.05, 0.1) is 5.03 Å². The Morgan fingerprint density at radius 2 is 1.67 bits per heavy atom. The molecule has 9 N–H and O–H groups in total. The molecule has 0 aromatic carbocycles. The first kappa shape index (κ1) is 25.9. The summed E-state index contributed by atoms with van der Waals surface area (Å²) in [6, 6.07) is 5.66. The number of pyridine rings is 1. The molecule has 0 bridgehead atoms. The molecule has 142 valence electrons. The summed E-state index contributed by atoms with van der Waals surface area (Å²) in [6.45, 7) is 0.134. The van der Waals surface area contributed by atoms with Crippen LogP contribution in [0.2, 0.25) is 0 Å². The van der Waals surface area contributed by atoms with Crippen molar-refractivity contribution in [3.8, 4) is 0 Å². The molecule has 0 aliphatic heterocycles. The second kappa shape index (κ2) is 12.1. The normalized spacial score (nSPS) is 11.7. The SMILES string of the molecule is O.O.O=P(O)(O)C(NCCCCCSc1ccccn1)P(=O)(O)O. The van der Waals surface area contributed by atoms with E-state index in [1.165, 1.54) is 0 Å². The van der Waals surface area contributed by atoms with E-state index in [4.69, 9.17) is 19.6 Å². The van der Waals surface area contributed by atoms with Gasteiger partial charge in [-0.05, 0) is 37.3 Å². The standard InChI is InChI=1S/C11H20N2O6P2S.2H2O/c14-20(15,16)11(21(17,18)19)13-8-3-1-5-9-22-10-6-2-4-7-12-10;;/h2,4,6-7,11,13H,1,3,5,8-9H2,(H2,14,15,16)(H2,17,18,19);2*1H2. The number of nitrogens with zero attached hydrogens (tertiary/aromatic N) is 1. The van der Waals surface area contributed by atoms with Crippen LogP contribution in [-0.4, -0.2) is 53.3 Å². The van der Waals surface area contributed by atoms with Gasteiger partial charge in [-0.3, -0.25) is 14.4 Å². The van der Waals surface area contributed by atoms with Crippen molar-refractivity contribution >= 4 is 27.0 Å². The van der Waals surface area contributed by atoms with Gasteiger partial charge < -0.3 is 30.5 Å². The number of thioether (sulfide) groups is 1. The lowest BCUT2D eigenvalue weighted by atomic mass is 10.2. The van der Waals surface area contributed by atoms with Crippen molar-refractivity contribution in [2.75, 3.05) is 12.3 Å². The number of rotatable bonds is 10. The van der Waals surface area contributed by atoms with Crippen molar-refractivity contribution in [2.45, 2.75) is 29.8 Å². The maximum absolute atomic E-state index is 11.0. The van der Waals surface area contributed by atoms with Crippen LogP contribution in [0.1, 0.15) is 19.3 Å². The van der Waals surface area contributed by atoms with E-state index in [2.05, 4.69) is 10.3 Å². The summed E-state index contributed by atoms with van der Waals surface area (Å²) >= 11 is 1.61. The van der Waals surface area contributed by atoms with Crippen LogP contribution in [0.3, 0.4) is 0 Å². The Hall–Kier alpha value is -0.320. The van der Waals surface area contributed by atoms with Gasteiger partial charge in [-0.1, -0.05) is 12.5 Å². The monoisotopic (exact) mass is 406 g/mol. The van der Waals surface area contributed by atoms with Gasteiger partial charge in [-0.15, -0.1) is 11.8 Å². The molecule has 0 atom stereocenters. The van der Waals surface area contributed by atoms with Crippen LogP contribution in [0, 0.1) is 0 Å². The number of hydrogen-bond acceptors (Lipinski definition) is 5. The fourth-order valence-corrected chi connectivity index (χ4v) is 4.85. The molecular formula is C11H24N2O8P2S. The van der Waals surface area contributed by atoms with Crippen molar-refractivity contribution in [3.63, 3.8) is 0 Å². The molecule has 10 nitrogen and oxygen atoms in total. The third-order valence-corrected chi connectivity index (χ3v) is 7.15. The molecule has 0 aliphatic rings. The summed E-state index contributed by atoms with van der Waals surface area (Å²) < 4.78 is 22.1. The van der Waals surface area contributed by atoms with Gasteiger partial charge in [0.1, 0.15) is 0 Å². The van der Waals surface area contributed by atoms with Crippen molar-refractivity contribution in [1.29, 1.82) is 0 Å². The molecule has 1 aromatic heterocycles. The molecule has 0 fully saturated rings. The molecule has 1 aromatic rings. The maximum atomic E-state index is 11.0. The molecule has 13 heteroatoms. The van der Waals surface area contributed by atoms with E-state index in [1.54, 1.807) is 18.0 Å². The summed E-state index contributed by atoms with van der Waals surface area (Å²) in [5.74, 6) is 0.859. The molecule has 0 saturated carbocycles. The molecule has 0 unspecified atom stereocenters. The second-order valence-corrected chi connectivity index (χ2v) is 9.49. The van der Waals surface area contributed by atoms with Crippen LogP contribution in [0.25, 0.3) is 0 Å². The number of hydrogen-bond donors (Lipinski definition) is 5. The van der Waals surface area contributed by atoms with E-state index in [9.17, 15) is 9.13 Å². The van der Waals surface area contributed by atoms with Crippen LogP contribution < -0.4 is 5.32 Å². The fraction of sp³-hybridized carbons (Fsp3) is 0.545. The van der Waals surface area contributed by atoms with Crippen LogP contribution in [0.4, 0.5) is 0 Å². The molecule has 0 radical (unpaired) electrons. The van der Waals surface area contributed by atoms with Gasteiger partial charge in [0, 0.05) is 6.20 Å². The molecule has 1 rings (SSSR count). The minimum Gasteiger partial charge on any atom is -0.412 e. The summed E-state index contributed by atoms with van der Waals surface area (Å²) in [6.07, 6.45) is 3.94. The first-order valence-electron chi connectivity index (χ1n) is 6.59. The number of aromatic nitrogens is 1. The second-order valence-electron chi connectivity index (χ2n) is 4.58. The zero-order chi connectivity index (χ0) is 16.6. The summed E-state index contributed by atoms with van der Waals surface area (Å²) in [5.41, 5.74) is -2.12. The lowest BCUT2D eigenvalue weighted by molar-refractivity contribution is 0.327. The smallest absolute Gasteiger partial charge is 0.354 e. The lowest BCUT2D eigenvalue weighted by Gasteiger charge is -2.20. The average molecular weight is 406 g/mol. The fourth-order valence-electron chi connectivity index (χ4n) is 1.68. The highest BCUT2D eigenvalue weighted by Gasteiger charge is 2.42. The Kier molecular flexibility index (Phi) is 13.1. The van der Waals surface area contributed by atoms with Crippen molar-refractivity contribution < 1.29 is 39.7 Å². The van der Waals surface area contributed by atoms with Crippen molar-refractivity contribution in [1.82, 2.24) is 10.3 Å². The zero-order valence-corrected chi connectivity index (χ0v) is 15.4. The summed E-state index contributed by atoms with van der Waals surface area (Å²) in [4.78, 5) is 39.9. The minimum absolute atomic E-state index is 0. The Morgan fingerprint density at radius 3 is 2.17 bits per heavy atom. The van der Waals surface area contributed by atoms with Crippen LogP contribution >= 0.6 is 27.0 Å². The van der Waals surface area contributed by atoms with Crippen LogP contribution in [-0.2, 0) is 9.13 Å². The third-order valence-electron chi connectivity index (χ3n) is 2.67. The number of nitrogens with one attached hydrogen (secondary N) is 1. The van der Waals surface area contributed by atoms with Gasteiger partial charge in [-0.2, -0.15) is 0 Å². The minimum atomic E-state index is -4.89. The number of unbranched alkanes of at least 4 members (excludes halogenated alkanes) is 2. The lowest BCUT2D eigenvalue weighted by Crippen LogP contribution is -2.29. The van der Waals surface area contributed by atoms with Gasteiger partial charge in [-0.25, -0.2) is 4.98 Å². The largest absolute Gasteiger partial charge is 0.412 e. The van der Waals surface area contributed by atoms with Crippen LogP contribution in [0.5, 0.6) is 0 Å². The van der Waals surface area contributed by atoms with E-state index in [0.717, 1.165) is 23.6 Å². The van der Waals surface area contributed by atoms with Gasteiger partial charge in [0.15, 0.2) is 0 Å². The molecular weight excluding hydrogens is 382 g/mol. The average Bonchev–Trinajstić information content (AvgIpc) is 2.40. The highest BCUT2D eigenvalue weighted by Crippen LogP contribution is 2.58. The van der Waals surface area contributed by atoms with Crippen molar-refractivity contribution in [3.05, 3.63) is 24.4 Å². The molecule has 0 aliphatic carbocycles. The van der Waals surface area contributed by atoms with Crippen molar-refractivity contribution in [2.24, 2.45) is 0 Å². The topological polar surface area (TPSA) is 203 Å². The highest BCUT2D eigenvalue weighted by molar-refractivity contribution is 7.99. The predicted octanol–water partition coefficient (Wildman–Crippen LogP) is -0.0768. The molecule has 24 heavy (non-hydrogen) atoms. The van der Waals surface area contributed by atoms with E-state index >= 15 is 0 Å². The predicted molar refractivity (Wildman–Crippen MR) is 91.9 cm³/mol. The Bertz CT molecular complexity index is 516. The van der Waals surface area contributed by atoms with Gasteiger partial charge in [0.25, 0.3) is 0 Å².